The summed E-state index contributed by atoms with van der Waals surface area (Å²) in [6.45, 7) is 6.41. The SMILES string of the molecule is CC(C)NC1CCN(c2nc3ccccc3cc2CO)CC1. The first-order valence-electron chi connectivity index (χ1n) is 8.18. The number of rotatable bonds is 4. The molecule has 3 rings (SSSR count). The molecule has 22 heavy (non-hydrogen) atoms. The van der Waals surface area contributed by atoms with Crippen LogP contribution < -0.4 is 10.2 Å². The fourth-order valence-corrected chi connectivity index (χ4v) is 3.27. The van der Waals surface area contributed by atoms with Crippen LogP contribution >= 0.6 is 0 Å². The van der Waals surface area contributed by atoms with Gasteiger partial charge in [0.1, 0.15) is 5.82 Å². The summed E-state index contributed by atoms with van der Waals surface area (Å²) >= 11 is 0. The monoisotopic (exact) mass is 299 g/mol. The van der Waals surface area contributed by atoms with E-state index < -0.39 is 0 Å². The van der Waals surface area contributed by atoms with Crippen molar-refractivity contribution in [2.24, 2.45) is 0 Å². The number of piperidine rings is 1. The van der Waals surface area contributed by atoms with Crippen molar-refractivity contribution in [2.45, 2.75) is 45.4 Å². The van der Waals surface area contributed by atoms with Crippen LogP contribution in [0.5, 0.6) is 0 Å². The number of pyridine rings is 1. The van der Waals surface area contributed by atoms with Crippen molar-refractivity contribution in [3.05, 3.63) is 35.9 Å². The van der Waals surface area contributed by atoms with Gasteiger partial charge in [0.05, 0.1) is 12.1 Å². The molecule has 1 aromatic carbocycles. The standard InChI is InChI=1S/C18H25N3O/c1-13(2)19-16-7-9-21(10-8-16)18-15(12-22)11-14-5-3-4-6-17(14)20-18/h3-6,11,13,16,19,22H,7-10,12H2,1-2H3. The normalized spacial score (nSPS) is 16.6. The molecule has 4 heteroatoms. The van der Waals surface area contributed by atoms with Gasteiger partial charge in [-0.15, -0.1) is 0 Å². The van der Waals surface area contributed by atoms with Crippen molar-refractivity contribution in [3.63, 3.8) is 0 Å². The summed E-state index contributed by atoms with van der Waals surface area (Å²) < 4.78 is 0. The highest BCUT2D eigenvalue weighted by Crippen LogP contribution is 2.26. The lowest BCUT2D eigenvalue weighted by Crippen LogP contribution is -2.45. The van der Waals surface area contributed by atoms with Crippen LogP contribution in [0, 0.1) is 0 Å². The molecule has 1 saturated heterocycles. The minimum Gasteiger partial charge on any atom is -0.392 e. The first kappa shape index (κ1) is 15.3. The lowest BCUT2D eigenvalue weighted by Gasteiger charge is -2.35. The predicted molar refractivity (Wildman–Crippen MR) is 91.2 cm³/mol. The van der Waals surface area contributed by atoms with Crippen LogP contribution in [-0.2, 0) is 6.61 Å². The van der Waals surface area contributed by atoms with Gasteiger partial charge in [-0.1, -0.05) is 32.0 Å². The lowest BCUT2D eigenvalue weighted by molar-refractivity contribution is 0.281. The number of anilines is 1. The third kappa shape index (κ3) is 3.23. The van der Waals surface area contributed by atoms with Gasteiger partial charge in [-0.3, -0.25) is 0 Å². The quantitative estimate of drug-likeness (QED) is 0.911. The predicted octanol–water partition coefficient (Wildman–Crippen LogP) is 2.69. The highest BCUT2D eigenvalue weighted by atomic mass is 16.3. The van der Waals surface area contributed by atoms with Gasteiger partial charge in [0, 0.05) is 36.1 Å². The molecule has 0 saturated carbocycles. The van der Waals surface area contributed by atoms with E-state index >= 15 is 0 Å². The molecule has 1 aliphatic heterocycles. The van der Waals surface area contributed by atoms with Crippen molar-refractivity contribution in [2.75, 3.05) is 18.0 Å². The second kappa shape index (κ2) is 6.63. The molecule has 2 N–H and O–H groups in total. The largest absolute Gasteiger partial charge is 0.392 e. The second-order valence-corrected chi connectivity index (χ2v) is 6.40. The van der Waals surface area contributed by atoms with Gasteiger partial charge >= 0.3 is 0 Å². The van der Waals surface area contributed by atoms with Crippen molar-refractivity contribution >= 4 is 16.7 Å². The van der Waals surface area contributed by atoms with E-state index in [1.165, 1.54) is 0 Å². The Morgan fingerprint density at radius 3 is 2.68 bits per heavy atom. The summed E-state index contributed by atoms with van der Waals surface area (Å²) in [7, 11) is 0. The van der Waals surface area contributed by atoms with Gasteiger partial charge in [0.25, 0.3) is 0 Å². The molecule has 118 valence electrons. The molecule has 0 radical (unpaired) electrons. The number of aliphatic hydroxyl groups excluding tert-OH is 1. The summed E-state index contributed by atoms with van der Waals surface area (Å²) in [6, 6.07) is 11.3. The average Bonchev–Trinajstić information content (AvgIpc) is 2.54. The van der Waals surface area contributed by atoms with Crippen molar-refractivity contribution < 1.29 is 5.11 Å². The zero-order valence-corrected chi connectivity index (χ0v) is 13.4. The minimum absolute atomic E-state index is 0.0390. The van der Waals surface area contributed by atoms with Crippen molar-refractivity contribution in [1.82, 2.24) is 10.3 Å². The van der Waals surface area contributed by atoms with Crippen LogP contribution in [0.25, 0.3) is 10.9 Å². The number of benzene rings is 1. The van der Waals surface area contributed by atoms with E-state index in [0.29, 0.717) is 12.1 Å². The smallest absolute Gasteiger partial charge is 0.134 e. The molecule has 0 unspecified atom stereocenters. The maximum atomic E-state index is 9.70. The lowest BCUT2D eigenvalue weighted by atomic mass is 10.0. The summed E-state index contributed by atoms with van der Waals surface area (Å²) in [5, 5.41) is 14.4. The third-order valence-corrected chi connectivity index (χ3v) is 4.31. The van der Waals surface area contributed by atoms with E-state index in [-0.39, 0.29) is 6.61 Å². The highest BCUT2D eigenvalue weighted by Gasteiger charge is 2.22. The van der Waals surface area contributed by atoms with Crippen LogP contribution in [-0.4, -0.2) is 35.3 Å². The molecule has 1 fully saturated rings. The Labute approximate surface area is 132 Å². The molecular formula is C18H25N3O. The van der Waals surface area contributed by atoms with Crippen LogP contribution in [0.3, 0.4) is 0 Å². The van der Waals surface area contributed by atoms with Gasteiger partial charge in [-0.25, -0.2) is 4.98 Å². The number of hydrogen-bond donors (Lipinski definition) is 2. The topological polar surface area (TPSA) is 48.4 Å². The van der Waals surface area contributed by atoms with Crippen molar-refractivity contribution in [1.29, 1.82) is 0 Å². The van der Waals surface area contributed by atoms with Crippen LogP contribution in [0.2, 0.25) is 0 Å². The highest BCUT2D eigenvalue weighted by molar-refractivity contribution is 5.81. The molecule has 0 atom stereocenters. The zero-order valence-electron chi connectivity index (χ0n) is 13.4. The maximum absolute atomic E-state index is 9.70. The average molecular weight is 299 g/mol. The number of para-hydroxylation sites is 1. The summed E-state index contributed by atoms with van der Waals surface area (Å²) in [5.74, 6) is 0.948. The van der Waals surface area contributed by atoms with Gasteiger partial charge in [-0.2, -0.15) is 0 Å². The molecule has 2 aromatic rings. The Kier molecular flexibility index (Phi) is 4.60. The first-order valence-corrected chi connectivity index (χ1v) is 8.18. The maximum Gasteiger partial charge on any atom is 0.134 e. The number of nitrogens with zero attached hydrogens (tertiary/aromatic N) is 2. The molecule has 2 heterocycles. The van der Waals surface area contributed by atoms with E-state index in [4.69, 9.17) is 4.98 Å². The number of fused-ring (bicyclic) bond motifs is 1. The van der Waals surface area contributed by atoms with Gasteiger partial charge in [0.2, 0.25) is 0 Å². The van der Waals surface area contributed by atoms with Crippen LogP contribution in [0.15, 0.2) is 30.3 Å². The zero-order chi connectivity index (χ0) is 15.5. The van der Waals surface area contributed by atoms with Gasteiger partial charge < -0.3 is 15.3 Å². The molecule has 4 nitrogen and oxygen atoms in total. The fraction of sp³-hybridized carbons (Fsp3) is 0.500. The van der Waals surface area contributed by atoms with Crippen LogP contribution in [0.1, 0.15) is 32.3 Å². The van der Waals surface area contributed by atoms with Crippen LogP contribution in [0.4, 0.5) is 5.82 Å². The van der Waals surface area contributed by atoms with E-state index in [9.17, 15) is 5.11 Å². The second-order valence-electron chi connectivity index (χ2n) is 6.40. The molecule has 1 aliphatic rings. The van der Waals surface area contributed by atoms with Gasteiger partial charge in [0.15, 0.2) is 0 Å². The molecular weight excluding hydrogens is 274 g/mol. The Morgan fingerprint density at radius 1 is 1.27 bits per heavy atom. The summed E-state index contributed by atoms with van der Waals surface area (Å²) in [5.41, 5.74) is 1.92. The number of nitrogens with one attached hydrogen (secondary N) is 1. The van der Waals surface area contributed by atoms with E-state index in [0.717, 1.165) is 48.2 Å². The van der Waals surface area contributed by atoms with E-state index in [2.05, 4.69) is 30.1 Å². The number of hydrogen-bond acceptors (Lipinski definition) is 4. The molecule has 0 amide bonds. The number of aromatic nitrogens is 1. The van der Waals surface area contributed by atoms with E-state index in [1.807, 2.05) is 24.3 Å². The molecule has 0 spiro atoms. The van der Waals surface area contributed by atoms with Crippen molar-refractivity contribution in [3.8, 4) is 0 Å². The Bertz CT molecular complexity index is 633. The Balaban J connectivity index is 1.81. The Hall–Kier alpha value is -1.65. The first-order chi connectivity index (χ1) is 10.7. The molecule has 0 aliphatic carbocycles. The molecule has 0 bridgehead atoms. The Morgan fingerprint density at radius 2 is 2.00 bits per heavy atom. The van der Waals surface area contributed by atoms with Gasteiger partial charge in [-0.05, 0) is 25.0 Å². The minimum atomic E-state index is 0.0390. The summed E-state index contributed by atoms with van der Waals surface area (Å²) in [6.07, 6.45) is 2.25. The number of aliphatic hydroxyl groups is 1. The third-order valence-electron chi connectivity index (χ3n) is 4.31. The fourth-order valence-electron chi connectivity index (χ4n) is 3.27. The summed E-state index contributed by atoms with van der Waals surface area (Å²) in [4.78, 5) is 7.12. The van der Waals surface area contributed by atoms with E-state index in [1.54, 1.807) is 0 Å². The molecule has 1 aromatic heterocycles.